The molecule has 0 unspecified atom stereocenters. The van der Waals surface area contributed by atoms with E-state index < -0.39 is 11.4 Å². The van der Waals surface area contributed by atoms with Crippen LogP contribution in [0.15, 0.2) is 12.2 Å². The maximum Gasteiger partial charge on any atom is 0.330 e. The van der Waals surface area contributed by atoms with E-state index >= 15 is 0 Å². The average molecular weight is 298 g/mol. The Morgan fingerprint density at radius 2 is 2.00 bits per heavy atom. The predicted octanol–water partition coefficient (Wildman–Crippen LogP) is 3.99. The van der Waals surface area contributed by atoms with E-state index in [1.54, 1.807) is 0 Å². The lowest BCUT2D eigenvalue weighted by molar-refractivity contribution is -0.148. The SMILES string of the molecule is CC(C)(C)OC(=O)/C=C/CCCCC[C@@H]1COC(C)(C)O1. The topological polar surface area (TPSA) is 44.8 Å². The van der Waals surface area contributed by atoms with Crippen molar-refractivity contribution < 1.29 is 19.0 Å². The largest absolute Gasteiger partial charge is 0.457 e. The van der Waals surface area contributed by atoms with E-state index in [1.165, 1.54) is 6.08 Å². The first-order valence-electron chi connectivity index (χ1n) is 7.89. The van der Waals surface area contributed by atoms with Crippen molar-refractivity contribution in [1.29, 1.82) is 0 Å². The molecule has 0 aromatic heterocycles. The summed E-state index contributed by atoms with van der Waals surface area (Å²) in [6, 6.07) is 0. The Hall–Kier alpha value is -0.870. The van der Waals surface area contributed by atoms with Gasteiger partial charge in [-0.1, -0.05) is 18.9 Å². The van der Waals surface area contributed by atoms with Crippen molar-refractivity contribution in [2.75, 3.05) is 6.61 Å². The minimum atomic E-state index is -0.418. The van der Waals surface area contributed by atoms with Crippen LogP contribution in [0.3, 0.4) is 0 Å². The zero-order valence-corrected chi connectivity index (χ0v) is 14.1. The standard InChI is InChI=1S/C17H30O4/c1-16(2,3)21-15(18)12-10-8-6-7-9-11-14-13-19-17(4,5)20-14/h10,12,14H,6-9,11,13H2,1-5H3/b12-10+/t14-/m1/s1. The molecule has 122 valence electrons. The second kappa shape index (κ2) is 7.95. The highest BCUT2D eigenvalue weighted by Gasteiger charge is 2.31. The molecule has 0 spiro atoms. The summed E-state index contributed by atoms with van der Waals surface area (Å²) in [5, 5.41) is 0. The maximum absolute atomic E-state index is 11.4. The van der Waals surface area contributed by atoms with E-state index in [9.17, 15) is 4.79 Å². The molecule has 1 atom stereocenters. The van der Waals surface area contributed by atoms with E-state index in [0.29, 0.717) is 6.61 Å². The molecule has 0 bridgehead atoms. The van der Waals surface area contributed by atoms with Gasteiger partial charge in [0, 0.05) is 6.08 Å². The van der Waals surface area contributed by atoms with E-state index in [0.717, 1.165) is 32.1 Å². The van der Waals surface area contributed by atoms with E-state index in [-0.39, 0.29) is 12.1 Å². The molecule has 1 fully saturated rings. The van der Waals surface area contributed by atoms with Crippen LogP contribution in [0.5, 0.6) is 0 Å². The number of carbonyl (C=O) groups is 1. The van der Waals surface area contributed by atoms with Gasteiger partial charge in [-0.3, -0.25) is 0 Å². The van der Waals surface area contributed by atoms with Gasteiger partial charge in [0.05, 0.1) is 12.7 Å². The zero-order valence-electron chi connectivity index (χ0n) is 14.1. The predicted molar refractivity (Wildman–Crippen MR) is 83.0 cm³/mol. The minimum Gasteiger partial charge on any atom is -0.457 e. The number of hydrogen-bond acceptors (Lipinski definition) is 4. The third-order valence-electron chi connectivity index (χ3n) is 3.12. The monoisotopic (exact) mass is 298 g/mol. The fourth-order valence-electron chi connectivity index (χ4n) is 2.23. The van der Waals surface area contributed by atoms with Crippen LogP contribution in [0.1, 0.15) is 66.7 Å². The van der Waals surface area contributed by atoms with Gasteiger partial charge in [0.1, 0.15) is 5.60 Å². The molecule has 1 aliphatic rings. The average Bonchev–Trinajstić information content (AvgIpc) is 2.65. The third kappa shape index (κ3) is 8.89. The Morgan fingerprint density at radius 1 is 1.29 bits per heavy atom. The van der Waals surface area contributed by atoms with Gasteiger partial charge in [-0.25, -0.2) is 4.79 Å². The molecule has 0 radical (unpaired) electrons. The van der Waals surface area contributed by atoms with Crippen LogP contribution in [-0.4, -0.2) is 30.1 Å². The Labute approximate surface area is 128 Å². The lowest BCUT2D eigenvalue weighted by Gasteiger charge is -2.17. The summed E-state index contributed by atoms with van der Waals surface area (Å²) >= 11 is 0. The first kappa shape index (κ1) is 18.2. The van der Waals surface area contributed by atoms with Crippen molar-refractivity contribution >= 4 is 5.97 Å². The Balaban J connectivity index is 2.01. The molecular weight excluding hydrogens is 268 g/mol. The second-order valence-electron chi connectivity index (χ2n) is 7.02. The lowest BCUT2D eigenvalue weighted by atomic mass is 10.1. The Kier molecular flexibility index (Phi) is 6.88. The summed E-state index contributed by atoms with van der Waals surface area (Å²) in [7, 11) is 0. The van der Waals surface area contributed by atoms with Gasteiger partial charge in [0.2, 0.25) is 0 Å². The second-order valence-corrected chi connectivity index (χ2v) is 7.02. The molecule has 0 aromatic rings. The van der Waals surface area contributed by atoms with Crippen LogP contribution < -0.4 is 0 Å². The molecule has 4 nitrogen and oxygen atoms in total. The number of hydrogen-bond donors (Lipinski definition) is 0. The van der Waals surface area contributed by atoms with Gasteiger partial charge >= 0.3 is 5.97 Å². The van der Waals surface area contributed by atoms with Gasteiger partial charge in [-0.05, 0) is 53.9 Å². The quantitative estimate of drug-likeness (QED) is 0.405. The summed E-state index contributed by atoms with van der Waals surface area (Å²) < 4.78 is 16.5. The molecule has 21 heavy (non-hydrogen) atoms. The molecule has 1 aliphatic heterocycles. The Bertz CT molecular complexity index is 352. The number of ether oxygens (including phenoxy) is 3. The summed E-state index contributed by atoms with van der Waals surface area (Å²) in [4.78, 5) is 11.4. The fraction of sp³-hybridized carbons (Fsp3) is 0.824. The number of allylic oxidation sites excluding steroid dienone is 1. The molecule has 0 aromatic carbocycles. The molecule has 1 saturated heterocycles. The van der Waals surface area contributed by atoms with Crippen LogP contribution in [0.2, 0.25) is 0 Å². The Morgan fingerprint density at radius 3 is 2.57 bits per heavy atom. The number of unbranched alkanes of at least 4 members (excludes halogenated alkanes) is 3. The van der Waals surface area contributed by atoms with Crippen molar-refractivity contribution in [2.24, 2.45) is 0 Å². The summed E-state index contributed by atoms with van der Waals surface area (Å²) in [6.07, 6.45) is 8.96. The van der Waals surface area contributed by atoms with Crippen molar-refractivity contribution in [3.63, 3.8) is 0 Å². The highest BCUT2D eigenvalue weighted by molar-refractivity contribution is 5.82. The summed E-state index contributed by atoms with van der Waals surface area (Å²) in [5.74, 6) is -0.679. The van der Waals surface area contributed by atoms with Gasteiger partial charge in [0.25, 0.3) is 0 Å². The summed E-state index contributed by atoms with van der Waals surface area (Å²) in [6.45, 7) is 10.2. The van der Waals surface area contributed by atoms with Gasteiger partial charge in [0.15, 0.2) is 5.79 Å². The van der Waals surface area contributed by atoms with Crippen molar-refractivity contribution in [3.05, 3.63) is 12.2 Å². The molecule has 1 rings (SSSR count). The molecule has 0 saturated carbocycles. The molecule has 0 aliphatic carbocycles. The highest BCUT2D eigenvalue weighted by Crippen LogP contribution is 2.25. The fourth-order valence-corrected chi connectivity index (χ4v) is 2.23. The van der Waals surface area contributed by atoms with Crippen LogP contribution >= 0.6 is 0 Å². The van der Waals surface area contributed by atoms with Crippen LogP contribution in [-0.2, 0) is 19.0 Å². The van der Waals surface area contributed by atoms with Crippen LogP contribution in [0, 0.1) is 0 Å². The first-order valence-corrected chi connectivity index (χ1v) is 7.89. The van der Waals surface area contributed by atoms with Crippen LogP contribution in [0.25, 0.3) is 0 Å². The maximum atomic E-state index is 11.4. The molecular formula is C17H30O4. The van der Waals surface area contributed by atoms with Crippen molar-refractivity contribution in [2.45, 2.75) is 84.2 Å². The first-order chi connectivity index (χ1) is 9.68. The molecule has 1 heterocycles. The zero-order chi connectivity index (χ0) is 15.9. The van der Waals surface area contributed by atoms with Gasteiger partial charge in [-0.15, -0.1) is 0 Å². The number of esters is 1. The van der Waals surface area contributed by atoms with E-state index in [4.69, 9.17) is 14.2 Å². The smallest absolute Gasteiger partial charge is 0.330 e. The molecule has 0 N–H and O–H groups in total. The van der Waals surface area contributed by atoms with Crippen molar-refractivity contribution in [3.8, 4) is 0 Å². The minimum absolute atomic E-state index is 0.234. The normalized spacial score (nSPS) is 21.9. The summed E-state index contributed by atoms with van der Waals surface area (Å²) in [5.41, 5.74) is -0.418. The van der Waals surface area contributed by atoms with E-state index in [2.05, 4.69) is 0 Å². The molecule has 0 amide bonds. The third-order valence-corrected chi connectivity index (χ3v) is 3.12. The van der Waals surface area contributed by atoms with E-state index in [1.807, 2.05) is 40.7 Å². The number of rotatable bonds is 7. The molecule has 4 heteroatoms. The highest BCUT2D eigenvalue weighted by atomic mass is 16.7. The number of carbonyl (C=O) groups excluding carboxylic acids is 1. The van der Waals surface area contributed by atoms with Gasteiger partial charge < -0.3 is 14.2 Å². The lowest BCUT2D eigenvalue weighted by Crippen LogP contribution is -2.22. The van der Waals surface area contributed by atoms with Gasteiger partial charge in [-0.2, -0.15) is 0 Å². The van der Waals surface area contributed by atoms with Crippen LogP contribution in [0.4, 0.5) is 0 Å². The van der Waals surface area contributed by atoms with Crippen molar-refractivity contribution in [1.82, 2.24) is 0 Å².